The van der Waals surface area contributed by atoms with Crippen molar-refractivity contribution in [3.63, 3.8) is 0 Å². The smallest absolute Gasteiger partial charge is 0.336 e. The monoisotopic (exact) mass is 320 g/mol. The molecule has 1 heterocycles. The second-order valence-corrected chi connectivity index (χ2v) is 5.88. The molecule has 0 radical (unpaired) electrons. The molecule has 1 aliphatic rings. The van der Waals surface area contributed by atoms with Crippen molar-refractivity contribution in [2.75, 3.05) is 0 Å². The zero-order valence-corrected chi connectivity index (χ0v) is 13.2. The van der Waals surface area contributed by atoms with Crippen molar-refractivity contribution in [2.24, 2.45) is 0 Å². The van der Waals surface area contributed by atoms with Crippen LogP contribution in [-0.2, 0) is 4.79 Å². The predicted octanol–water partition coefficient (Wildman–Crippen LogP) is 2.28. The van der Waals surface area contributed by atoms with Gasteiger partial charge in [0.1, 0.15) is 6.33 Å². The molecule has 6 nitrogen and oxygen atoms in total. The largest absolute Gasteiger partial charge is 0.449 e. The number of hydrogen-bond donors (Lipinski definition) is 1. The van der Waals surface area contributed by atoms with Gasteiger partial charge in [-0.3, -0.25) is 4.79 Å². The van der Waals surface area contributed by atoms with Crippen LogP contribution in [0.15, 0.2) is 24.5 Å². The van der Waals surface area contributed by atoms with Crippen molar-refractivity contribution in [3.05, 3.63) is 35.1 Å². The Morgan fingerprint density at radius 1 is 1.50 bits per heavy atom. The number of aromatic nitrogens is 3. The maximum Gasteiger partial charge on any atom is 0.336 e. The van der Waals surface area contributed by atoms with Crippen LogP contribution >= 0.6 is 11.6 Å². The maximum absolute atomic E-state index is 11.9. The molecule has 1 amide bonds. The van der Waals surface area contributed by atoms with Crippen molar-refractivity contribution in [1.82, 2.24) is 20.1 Å². The van der Waals surface area contributed by atoms with E-state index in [0.29, 0.717) is 11.1 Å². The van der Waals surface area contributed by atoms with Crippen LogP contribution in [0.5, 0.6) is 6.01 Å². The first-order valence-corrected chi connectivity index (χ1v) is 7.56. The van der Waals surface area contributed by atoms with Crippen LogP contribution in [0.1, 0.15) is 25.3 Å². The number of aryl methyl sites for hydroxylation is 1. The normalized spacial score (nSPS) is 15.4. The predicted molar refractivity (Wildman–Crippen MR) is 82.4 cm³/mol. The molecule has 0 spiro atoms. The van der Waals surface area contributed by atoms with E-state index in [0.717, 1.165) is 24.1 Å². The van der Waals surface area contributed by atoms with E-state index in [2.05, 4.69) is 15.4 Å². The van der Waals surface area contributed by atoms with Crippen LogP contribution < -0.4 is 10.1 Å². The number of nitrogens with one attached hydrogen (secondary N) is 1. The summed E-state index contributed by atoms with van der Waals surface area (Å²) in [5.74, 6) is -0.137. The highest BCUT2D eigenvalue weighted by molar-refractivity contribution is 6.30. The second kappa shape index (κ2) is 5.96. The van der Waals surface area contributed by atoms with E-state index in [1.165, 1.54) is 0 Å². The molecule has 1 atom stereocenters. The number of carbonyl (C=O) groups is 1. The van der Waals surface area contributed by atoms with Crippen molar-refractivity contribution in [3.8, 4) is 11.7 Å². The van der Waals surface area contributed by atoms with Gasteiger partial charge in [0.2, 0.25) is 0 Å². The van der Waals surface area contributed by atoms with Crippen LogP contribution in [0, 0.1) is 6.92 Å². The summed E-state index contributed by atoms with van der Waals surface area (Å²) in [6.45, 7) is 3.63. The minimum atomic E-state index is -0.622. The first kappa shape index (κ1) is 14.8. The Morgan fingerprint density at radius 2 is 2.27 bits per heavy atom. The zero-order chi connectivity index (χ0) is 15.7. The van der Waals surface area contributed by atoms with Gasteiger partial charge in [0, 0.05) is 11.1 Å². The number of carbonyl (C=O) groups excluding carboxylic acids is 1. The number of hydrogen-bond acceptors (Lipinski definition) is 4. The van der Waals surface area contributed by atoms with E-state index in [1.807, 2.05) is 19.1 Å². The minimum absolute atomic E-state index is 0.137. The summed E-state index contributed by atoms with van der Waals surface area (Å²) in [5, 5.41) is 7.80. The van der Waals surface area contributed by atoms with E-state index in [1.54, 1.807) is 24.0 Å². The molecule has 1 N–H and O–H groups in total. The van der Waals surface area contributed by atoms with Crippen LogP contribution in [0.3, 0.4) is 0 Å². The van der Waals surface area contributed by atoms with Gasteiger partial charge in [-0.25, -0.2) is 4.68 Å². The summed E-state index contributed by atoms with van der Waals surface area (Å²) in [6, 6.07) is 5.98. The molecule has 1 aromatic heterocycles. The Balaban J connectivity index is 1.69. The first-order valence-electron chi connectivity index (χ1n) is 7.18. The van der Waals surface area contributed by atoms with Crippen molar-refractivity contribution < 1.29 is 9.53 Å². The average molecular weight is 321 g/mol. The van der Waals surface area contributed by atoms with Gasteiger partial charge in [-0.05, 0) is 50.5 Å². The lowest BCUT2D eigenvalue weighted by molar-refractivity contribution is -0.127. The number of benzene rings is 1. The Kier molecular flexibility index (Phi) is 4.02. The van der Waals surface area contributed by atoms with Gasteiger partial charge in [-0.1, -0.05) is 11.6 Å². The van der Waals surface area contributed by atoms with E-state index in [4.69, 9.17) is 16.3 Å². The number of halogens is 1. The molecule has 0 aliphatic heterocycles. The van der Waals surface area contributed by atoms with Crippen LogP contribution in [0.2, 0.25) is 5.02 Å². The molecule has 1 unspecified atom stereocenters. The molecule has 1 fully saturated rings. The van der Waals surface area contributed by atoms with Gasteiger partial charge in [0.05, 0.1) is 5.69 Å². The lowest BCUT2D eigenvalue weighted by atomic mass is 10.2. The van der Waals surface area contributed by atoms with Crippen molar-refractivity contribution >= 4 is 17.5 Å². The van der Waals surface area contributed by atoms with Crippen LogP contribution in [0.25, 0.3) is 5.69 Å². The van der Waals surface area contributed by atoms with Gasteiger partial charge in [0.25, 0.3) is 5.91 Å². The van der Waals surface area contributed by atoms with Gasteiger partial charge in [-0.2, -0.15) is 4.98 Å². The quantitative estimate of drug-likeness (QED) is 0.917. The Morgan fingerprint density at radius 3 is 2.95 bits per heavy atom. The third kappa shape index (κ3) is 3.39. The zero-order valence-electron chi connectivity index (χ0n) is 12.4. The van der Waals surface area contributed by atoms with Gasteiger partial charge >= 0.3 is 6.01 Å². The molecule has 1 saturated carbocycles. The van der Waals surface area contributed by atoms with Crippen LogP contribution in [0.4, 0.5) is 0 Å². The lowest BCUT2D eigenvalue weighted by Crippen LogP contribution is -2.37. The van der Waals surface area contributed by atoms with Crippen molar-refractivity contribution in [1.29, 1.82) is 0 Å². The molecule has 2 aromatic rings. The summed E-state index contributed by atoms with van der Waals surface area (Å²) in [6.07, 6.45) is 3.02. The molecular formula is C15H17ClN4O2. The lowest BCUT2D eigenvalue weighted by Gasteiger charge is -2.11. The molecular weight excluding hydrogens is 304 g/mol. The van der Waals surface area contributed by atoms with Gasteiger partial charge < -0.3 is 10.1 Å². The average Bonchev–Trinajstić information content (AvgIpc) is 3.16. The maximum atomic E-state index is 11.9. The standard InChI is InChI=1S/C15H17ClN4O2/c1-9-7-11(16)3-6-13(9)20-8-17-15(19-20)22-10(2)14(21)18-12-4-5-12/h3,6-8,10,12H,4-5H2,1-2H3,(H,18,21). The minimum Gasteiger partial charge on any atom is -0.449 e. The van der Waals surface area contributed by atoms with E-state index >= 15 is 0 Å². The van der Waals surface area contributed by atoms with E-state index < -0.39 is 6.10 Å². The Labute approximate surface area is 133 Å². The molecule has 7 heteroatoms. The number of amides is 1. The molecule has 22 heavy (non-hydrogen) atoms. The summed E-state index contributed by atoms with van der Waals surface area (Å²) in [7, 11) is 0. The highest BCUT2D eigenvalue weighted by Gasteiger charge is 2.26. The topological polar surface area (TPSA) is 69.0 Å². The number of rotatable bonds is 5. The summed E-state index contributed by atoms with van der Waals surface area (Å²) >= 11 is 5.95. The summed E-state index contributed by atoms with van der Waals surface area (Å²) < 4.78 is 7.09. The van der Waals surface area contributed by atoms with Gasteiger partial charge in [0.15, 0.2) is 6.10 Å². The fourth-order valence-corrected chi connectivity index (χ4v) is 2.28. The van der Waals surface area contributed by atoms with Crippen LogP contribution in [-0.4, -0.2) is 32.8 Å². The highest BCUT2D eigenvalue weighted by Crippen LogP contribution is 2.20. The van der Waals surface area contributed by atoms with E-state index in [9.17, 15) is 4.79 Å². The first-order chi connectivity index (χ1) is 10.5. The molecule has 0 saturated heterocycles. The fourth-order valence-electron chi connectivity index (χ4n) is 2.05. The fraction of sp³-hybridized carbons (Fsp3) is 0.400. The summed E-state index contributed by atoms with van der Waals surface area (Å²) in [4.78, 5) is 15.9. The molecule has 1 aliphatic carbocycles. The van der Waals surface area contributed by atoms with E-state index in [-0.39, 0.29) is 11.9 Å². The second-order valence-electron chi connectivity index (χ2n) is 5.45. The third-order valence-corrected chi connectivity index (χ3v) is 3.69. The Bertz CT molecular complexity index is 697. The number of nitrogens with zero attached hydrogens (tertiary/aromatic N) is 3. The van der Waals surface area contributed by atoms with Gasteiger partial charge in [-0.15, -0.1) is 5.10 Å². The number of ether oxygens (including phenoxy) is 1. The molecule has 1 aromatic carbocycles. The molecule has 116 valence electrons. The Hall–Kier alpha value is -2.08. The van der Waals surface area contributed by atoms with Crippen molar-refractivity contribution in [2.45, 2.75) is 38.8 Å². The highest BCUT2D eigenvalue weighted by atomic mass is 35.5. The summed E-state index contributed by atoms with van der Waals surface area (Å²) in [5.41, 5.74) is 1.84. The third-order valence-electron chi connectivity index (χ3n) is 3.45. The molecule has 3 rings (SSSR count). The SMILES string of the molecule is Cc1cc(Cl)ccc1-n1cnc(OC(C)C(=O)NC2CC2)n1. The molecule has 0 bridgehead atoms.